The molecule has 0 amide bonds. The highest BCUT2D eigenvalue weighted by Gasteiger charge is 2.52. The number of fused-ring (bicyclic) bond motifs is 1. The van der Waals surface area contributed by atoms with E-state index in [1.807, 2.05) is 6.26 Å². The van der Waals surface area contributed by atoms with Gasteiger partial charge in [-0.2, -0.15) is 5.26 Å². The smallest absolute Gasteiger partial charge is 0.192 e. The van der Waals surface area contributed by atoms with Gasteiger partial charge in [-0.05, 0) is 67.1 Å². The summed E-state index contributed by atoms with van der Waals surface area (Å²) in [5, 5.41) is 9.64. The van der Waals surface area contributed by atoms with Crippen LogP contribution in [0.4, 0.5) is 0 Å². The highest BCUT2D eigenvalue weighted by molar-refractivity contribution is 6.74. The first-order chi connectivity index (χ1) is 11.0. The van der Waals surface area contributed by atoms with E-state index in [4.69, 9.17) is 9.16 Å². The van der Waals surface area contributed by atoms with E-state index in [2.05, 4.69) is 46.9 Å². The monoisotopic (exact) mass is 349 g/mol. The number of hydrogen-bond donors (Lipinski definition) is 0. The molecule has 2 fully saturated rings. The van der Waals surface area contributed by atoms with Gasteiger partial charge in [-0.15, -0.1) is 0 Å². The minimum absolute atomic E-state index is 0.130. The maximum Gasteiger partial charge on any atom is 0.192 e. The van der Waals surface area contributed by atoms with Gasteiger partial charge in [-0.3, -0.25) is 0 Å². The molecule has 0 spiro atoms. The molecule has 24 heavy (non-hydrogen) atoms. The maximum atomic E-state index is 9.42. The summed E-state index contributed by atoms with van der Waals surface area (Å²) in [5.74, 6) is 0.592. The molecule has 3 nitrogen and oxygen atoms in total. The lowest BCUT2D eigenvalue weighted by molar-refractivity contribution is -0.0425. The minimum atomic E-state index is -1.80. The van der Waals surface area contributed by atoms with E-state index in [-0.39, 0.29) is 16.4 Å². The summed E-state index contributed by atoms with van der Waals surface area (Å²) in [6.45, 7) is 14.0. The average molecular weight is 350 g/mol. The number of ether oxygens (including phenoxy) is 1. The van der Waals surface area contributed by atoms with Crippen LogP contribution in [0, 0.1) is 28.6 Å². The molecule has 4 heteroatoms. The maximum absolute atomic E-state index is 9.42. The van der Waals surface area contributed by atoms with Crippen molar-refractivity contribution in [1.29, 1.82) is 5.26 Å². The van der Waals surface area contributed by atoms with E-state index in [0.717, 1.165) is 32.1 Å². The molecule has 0 saturated heterocycles. The third kappa shape index (κ3) is 3.58. The van der Waals surface area contributed by atoms with E-state index in [9.17, 15) is 5.26 Å². The second-order valence-corrected chi connectivity index (χ2v) is 14.2. The summed E-state index contributed by atoms with van der Waals surface area (Å²) >= 11 is 0. The molecule has 0 radical (unpaired) electrons. The van der Waals surface area contributed by atoms with Gasteiger partial charge in [0.25, 0.3) is 0 Å². The highest BCUT2D eigenvalue weighted by atomic mass is 28.4. The van der Waals surface area contributed by atoms with Crippen molar-refractivity contribution in [1.82, 2.24) is 0 Å². The van der Waals surface area contributed by atoms with Crippen LogP contribution in [0.25, 0.3) is 0 Å². The van der Waals surface area contributed by atoms with Crippen LogP contribution < -0.4 is 0 Å². The van der Waals surface area contributed by atoms with Crippen LogP contribution in [0.2, 0.25) is 18.1 Å². The molecule has 2 rings (SSSR count). The summed E-state index contributed by atoms with van der Waals surface area (Å²) in [6, 6.07) is 2.50. The van der Waals surface area contributed by atoms with Crippen molar-refractivity contribution in [3.63, 3.8) is 0 Å². The molecule has 0 bridgehead atoms. The van der Waals surface area contributed by atoms with Gasteiger partial charge in [0.1, 0.15) is 0 Å². The van der Waals surface area contributed by atoms with Gasteiger partial charge in [0.2, 0.25) is 0 Å². The number of allylic oxidation sites excluding steroid dienone is 1. The molecular weight excluding hydrogens is 314 g/mol. The number of nitriles is 1. The largest absolute Gasteiger partial charge is 0.504 e. The zero-order valence-corrected chi connectivity index (χ0v) is 17.6. The van der Waals surface area contributed by atoms with E-state index in [1.165, 1.54) is 5.57 Å². The molecule has 0 N–H and O–H groups in total. The summed E-state index contributed by atoms with van der Waals surface area (Å²) in [5.41, 5.74) is 1.51. The van der Waals surface area contributed by atoms with E-state index >= 15 is 0 Å². The number of nitrogens with zero attached hydrogens (tertiary/aromatic N) is 1. The molecule has 0 heterocycles. The molecular formula is C20H35NO2Si. The van der Waals surface area contributed by atoms with E-state index in [1.54, 1.807) is 7.11 Å². The van der Waals surface area contributed by atoms with Crippen LogP contribution in [0.3, 0.4) is 0 Å². The molecule has 2 aliphatic rings. The Labute approximate surface area is 149 Å². The fourth-order valence-electron chi connectivity index (χ4n) is 4.23. The molecule has 2 aliphatic carbocycles. The lowest BCUT2D eigenvalue weighted by atomic mass is 9.56. The van der Waals surface area contributed by atoms with Crippen molar-refractivity contribution in [2.75, 3.05) is 7.11 Å². The predicted octanol–water partition coefficient (Wildman–Crippen LogP) is 5.65. The second-order valence-electron chi connectivity index (χ2n) is 9.49. The topological polar surface area (TPSA) is 42.2 Å². The first-order valence-corrected chi connectivity index (χ1v) is 12.2. The van der Waals surface area contributed by atoms with Crippen molar-refractivity contribution < 1.29 is 9.16 Å². The van der Waals surface area contributed by atoms with Crippen LogP contribution in [0.15, 0.2) is 11.8 Å². The molecule has 0 aromatic rings. The standard InChI is InChI=1S/C20H35NO2Si/c1-19(2,3)24(6,7)23-18-9-8-16(14-22-5)17-12-15(13-21)10-11-20(17,18)4/h14-15,17-18H,8-12H2,1-7H3/b16-14+/t15?,17-,18+,20+/m0/s1. The molecule has 0 aromatic carbocycles. The lowest BCUT2D eigenvalue weighted by Gasteiger charge is -2.54. The Kier molecular flexibility index (Phi) is 5.57. The molecule has 0 aromatic heterocycles. The van der Waals surface area contributed by atoms with Gasteiger partial charge >= 0.3 is 0 Å². The fraction of sp³-hybridized carbons (Fsp3) is 0.850. The lowest BCUT2D eigenvalue weighted by Crippen LogP contribution is -2.54. The zero-order chi connectivity index (χ0) is 18.2. The van der Waals surface area contributed by atoms with Gasteiger partial charge < -0.3 is 9.16 Å². The quantitative estimate of drug-likeness (QED) is 0.488. The number of hydrogen-bond acceptors (Lipinski definition) is 3. The average Bonchev–Trinajstić information content (AvgIpc) is 2.48. The van der Waals surface area contributed by atoms with Crippen molar-refractivity contribution in [3.05, 3.63) is 11.8 Å². The first kappa shape index (κ1) is 19.5. The highest BCUT2D eigenvalue weighted by Crippen LogP contribution is 2.56. The SMILES string of the molecule is CO/C=C1\CC[C@@H](O[Si](C)(C)C(C)(C)C)[C@]2(C)CCC(C#N)C[C@@H]12. The van der Waals surface area contributed by atoms with Gasteiger partial charge in [-0.1, -0.05) is 27.7 Å². The van der Waals surface area contributed by atoms with E-state index in [0.29, 0.717) is 12.0 Å². The van der Waals surface area contributed by atoms with Gasteiger partial charge in [0.15, 0.2) is 8.32 Å². The zero-order valence-electron chi connectivity index (χ0n) is 16.6. The normalized spacial score (nSPS) is 36.1. The van der Waals surface area contributed by atoms with Crippen molar-refractivity contribution in [2.24, 2.45) is 17.3 Å². The van der Waals surface area contributed by atoms with Crippen molar-refractivity contribution in [2.45, 2.75) is 84.0 Å². The molecule has 0 aliphatic heterocycles. The Morgan fingerprint density at radius 3 is 2.50 bits per heavy atom. The van der Waals surface area contributed by atoms with Crippen LogP contribution in [-0.2, 0) is 9.16 Å². The number of rotatable bonds is 3. The second kappa shape index (κ2) is 6.84. The molecule has 136 valence electrons. The summed E-state index contributed by atoms with van der Waals surface area (Å²) in [7, 11) is -0.0679. The Hall–Kier alpha value is -0.793. The molecule has 2 saturated carbocycles. The van der Waals surface area contributed by atoms with Crippen LogP contribution in [0.5, 0.6) is 0 Å². The number of methoxy groups -OCH3 is 1. The first-order valence-electron chi connectivity index (χ1n) is 9.34. The van der Waals surface area contributed by atoms with Crippen LogP contribution in [-0.4, -0.2) is 21.5 Å². The Morgan fingerprint density at radius 1 is 1.29 bits per heavy atom. The van der Waals surface area contributed by atoms with Crippen molar-refractivity contribution in [3.8, 4) is 6.07 Å². The van der Waals surface area contributed by atoms with Crippen molar-refractivity contribution >= 4 is 8.32 Å². The van der Waals surface area contributed by atoms with Crippen LogP contribution >= 0.6 is 0 Å². The minimum Gasteiger partial charge on any atom is -0.504 e. The van der Waals surface area contributed by atoms with E-state index < -0.39 is 8.32 Å². The fourth-order valence-corrected chi connectivity index (χ4v) is 5.68. The summed E-state index contributed by atoms with van der Waals surface area (Å²) < 4.78 is 12.3. The molecule has 4 atom stereocenters. The third-order valence-electron chi connectivity index (χ3n) is 6.92. The predicted molar refractivity (Wildman–Crippen MR) is 101 cm³/mol. The molecule has 1 unspecified atom stereocenters. The third-order valence-corrected chi connectivity index (χ3v) is 11.4. The summed E-state index contributed by atoms with van der Waals surface area (Å²) in [4.78, 5) is 0. The van der Waals surface area contributed by atoms with Gasteiger partial charge in [0, 0.05) is 5.92 Å². The Morgan fingerprint density at radius 2 is 1.96 bits per heavy atom. The van der Waals surface area contributed by atoms with Gasteiger partial charge in [-0.25, -0.2) is 0 Å². The Balaban J connectivity index is 2.30. The van der Waals surface area contributed by atoms with Gasteiger partial charge in [0.05, 0.1) is 25.5 Å². The summed E-state index contributed by atoms with van der Waals surface area (Å²) in [6.07, 6.45) is 7.39. The Bertz CT molecular complexity index is 529. The van der Waals surface area contributed by atoms with Crippen LogP contribution in [0.1, 0.15) is 59.8 Å².